The van der Waals surface area contributed by atoms with Gasteiger partial charge in [-0.3, -0.25) is 0 Å². The molecule has 2 heteroatoms. The minimum absolute atomic E-state index is 0.250. The molecule has 0 unspecified atom stereocenters. The van der Waals surface area contributed by atoms with Crippen LogP contribution in [-0.4, -0.2) is 36.2 Å². The highest BCUT2D eigenvalue weighted by Gasteiger charge is 2.16. The lowest BCUT2D eigenvalue weighted by Gasteiger charge is -2.30. The third kappa shape index (κ3) is 7.80. The Morgan fingerprint density at radius 3 is 2.07 bits per heavy atom. The summed E-state index contributed by atoms with van der Waals surface area (Å²) in [6, 6.07) is 0. The van der Waals surface area contributed by atoms with Crippen molar-refractivity contribution in [2.45, 2.75) is 52.9 Å². The summed E-state index contributed by atoms with van der Waals surface area (Å²) < 4.78 is 0. The second-order valence-corrected chi connectivity index (χ2v) is 4.34. The van der Waals surface area contributed by atoms with E-state index in [2.05, 4.69) is 18.7 Å². The van der Waals surface area contributed by atoms with Crippen molar-refractivity contribution >= 4 is 0 Å². The number of piperidine rings is 1. The maximum absolute atomic E-state index is 7.57. The van der Waals surface area contributed by atoms with Gasteiger partial charge < -0.3 is 10.0 Å². The molecule has 0 saturated carbocycles. The van der Waals surface area contributed by atoms with Crippen LogP contribution in [0.2, 0.25) is 0 Å². The van der Waals surface area contributed by atoms with E-state index in [0.717, 1.165) is 5.92 Å². The third-order valence-electron chi connectivity index (χ3n) is 3.12. The molecular formula is C13H29NO. The van der Waals surface area contributed by atoms with Gasteiger partial charge in [0.15, 0.2) is 0 Å². The molecule has 1 saturated heterocycles. The summed E-state index contributed by atoms with van der Waals surface area (Å²) in [5, 5.41) is 7.57. The van der Waals surface area contributed by atoms with E-state index < -0.39 is 0 Å². The Kier molecular flexibility index (Phi) is 10.4. The molecular weight excluding hydrogens is 186 g/mol. The van der Waals surface area contributed by atoms with Gasteiger partial charge in [0.05, 0.1) is 0 Å². The lowest BCUT2D eigenvalue weighted by Crippen LogP contribution is -2.33. The van der Waals surface area contributed by atoms with Crippen LogP contribution in [-0.2, 0) is 0 Å². The van der Waals surface area contributed by atoms with Gasteiger partial charge in [-0.2, -0.15) is 0 Å². The maximum Gasteiger partial charge on any atom is 0.0402 e. The minimum Gasteiger partial charge on any atom is -0.397 e. The first-order chi connectivity index (χ1) is 7.28. The van der Waals surface area contributed by atoms with Gasteiger partial charge in [0.2, 0.25) is 0 Å². The largest absolute Gasteiger partial charge is 0.397 e. The summed E-state index contributed by atoms with van der Waals surface area (Å²) >= 11 is 0. The Hall–Kier alpha value is -0.0800. The summed E-state index contributed by atoms with van der Waals surface area (Å²) in [5.74, 6) is 1.05. The standard InChI is InChI=1S/C11H23N.C2H6O/c1-3-5-6-11-7-9-12(4-2)10-8-11;1-2-3/h11H,3-10H2,1-2H3;3H,2H2,1H3. The molecule has 0 radical (unpaired) electrons. The van der Waals surface area contributed by atoms with Crippen LogP contribution < -0.4 is 0 Å². The zero-order valence-corrected chi connectivity index (χ0v) is 10.8. The highest BCUT2D eigenvalue weighted by atomic mass is 16.2. The molecule has 0 atom stereocenters. The predicted octanol–water partition coefficient (Wildman–Crippen LogP) is 2.91. The van der Waals surface area contributed by atoms with Gasteiger partial charge in [-0.25, -0.2) is 0 Å². The molecule has 1 rings (SSSR count). The molecule has 15 heavy (non-hydrogen) atoms. The highest BCUT2D eigenvalue weighted by molar-refractivity contribution is 4.70. The second kappa shape index (κ2) is 10.4. The SMILES string of the molecule is CCCCC1CCN(CC)CC1.CCO. The molecule has 1 aliphatic heterocycles. The number of rotatable bonds is 4. The zero-order valence-electron chi connectivity index (χ0n) is 10.8. The molecule has 0 amide bonds. The Labute approximate surface area is 95.7 Å². The number of aliphatic hydroxyl groups excluding tert-OH is 1. The quantitative estimate of drug-likeness (QED) is 0.779. The van der Waals surface area contributed by atoms with Crippen molar-refractivity contribution in [3.63, 3.8) is 0 Å². The van der Waals surface area contributed by atoms with E-state index in [1.54, 1.807) is 6.92 Å². The highest BCUT2D eigenvalue weighted by Crippen LogP contribution is 2.21. The lowest BCUT2D eigenvalue weighted by atomic mass is 9.92. The first kappa shape index (κ1) is 14.9. The monoisotopic (exact) mass is 215 g/mol. The van der Waals surface area contributed by atoms with Crippen LogP contribution in [0, 0.1) is 5.92 Å². The van der Waals surface area contributed by atoms with Crippen molar-refractivity contribution in [2.75, 3.05) is 26.2 Å². The Bertz CT molecular complexity index is 120. The van der Waals surface area contributed by atoms with Crippen LogP contribution >= 0.6 is 0 Å². The fourth-order valence-corrected chi connectivity index (χ4v) is 2.08. The number of hydrogen-bond acceptors (Lipinski definition) is 2. The van der Waals surface area contributed by atoms with Crippen molar-refractivity contribution < 1.29 is 5.11 Å². The van der Waals surface area contributed by atoms with Crippen LogP contribution in [0.25, 0.3) is 0 Å². The maximum atomic E-state index is 7.57. The summed E-state index contributed by atoms with van der Waals surface area (Å²) in [6.07, 6.45) is 7.19. The molecule has 1 heterocycles. The molecule has 0 aromatic heterocycles. The zero-order chi connectivity index (χ0) is 11.5. The summed E-state index contributed by atoms with van der Waals surface area (Å²) in [7, 11) is 0. The fraction of sp³-hybridized carbons (Fsp3) is 1.00. The molecule has 1 fully saturated rings. The Balaban J connectivity index is 0.000000583. The van der Waals surface area contributed by atoms with Crippen molar-refractivity contribution in [3.8, 4) is 0 Å². The molecule has 1 N–H and O–H groups in total. The molecule has 2 nitrogen and oxygen atoms in total. The van der Waals surface area contributed by atoms with Gasteiger partial charge in [0.1, 0.15) is 0 Å². The number of likely N-dealkylation sites (tertiary alicyclic amines) is 1. The van der Waals surface area contributed by atoms with E-state index in [1.807, 2.05) is 0 Å². The Morgan fingerprint density at radius 2 is 1.67 bits per heavy atom. The van der Waals surface area contributed by atoms with E-state index >= 15 is 0 Å². The summed E-state index contributed by atoms with van der Waals surface area (Å²) in [5.41, 5.74) is 0. The third-order valence-corrected chi connectivity index (χ3v) is 3.12. The average molecular weight is 215 g/mol. The summed E-state index contributed by atoms with van der Waals surface area (Å²) in [4.78, 5) is 2.57. The normalized spacial score (nSPS) is 18.4. The second-order valence-electron chi connectivity index (χ2n) is 4.34. The van der Waals surface area contributed by atoms with E-state index in [1.165, 1.54) is 51.7 Å². The van der Waals surface area contributed by atoms with E-state index in [-0.39, 0.29) is 6.61 Å². The van der Waals surface area contributed by atoms with Crippen LogP contribution in [0.3, 0.4) is 0 Å². The van der Waals surface area contributed by atoms with Crippen LogP contribution in [0.1, 0.15) is 52.9 Å². The van der Waals surface area contributed by atoms with Crippen molar-refractivity contribution in [1.82, 2.24) is 4.90 Å². The van der Waals surface area contributed by atoms with Crippen molar-refractivity contribution in [3.05, 3.63) is 0 Å². The van der Waals surface area contributed by atoms with Gasteiger partial charge in [-0.1, -0.05) is 33.1 Å². The molecule has 0 aliphatic carbocycles. The van der Waals surface area contributed by atoms with Crippen LogP contribution in [0.4, 0.5) is 0 Å². The van der Waals surface area contributed by atoms with Crippen LogP contribution in [0.5, 0.6) is 0 Å². The fourth-order valence-electron chi connectivity index (χ4n) is 2.08. The first-order valence-corrected chi connectivity index (χ1v) is 6.61. The molecule has 0 bridgehead atoms. The summed E-state index contributed by atoms with van der Waals surface area (Å²) in [6.45, 7) is 10.4. The van der Waals surface area contributed by atoms with Gasteiger partial charge in [0.25, 0.3) is 0 Å². The van der Waals surface area contributed by atoms with Gasteiger partial charge in [-0.05, 0) is 45.3 Å². The van der Waals surface area contributed by atoms with E-state index in [0.29, 0.717) is 0 Å². The predicted molar refractivity (Wildman–Crippen MR) is 67.1 cm³/mol. The van der Waals surface area contributed by atoms with E-state index in [4.69, 9.17) is 5.11 Å². The molecule has 92 valence electrons. The molecule has 1 aliphatic rings. The number of aliphatic hydroxyl groups is 1. The Morgan fingerprint density at radius 1 is 1.13 bits per heavy atom. The number of nitrogens with zero attached hydrogens (tertiary/aromatic N) is 1. The average Bonchev–Trinajstić information content (AvgIpc) is 2.28. The number of hydrogen-bond donors (Lipinski definition) is 1. The molecule has 0 spiro atoms. The topological polar surface area (TPSA) is 23.5 Å². The van der Waals surface area contributed by atoms with Gasteiger partial charge >= 0.3 is 0 Å². The number of unbranched alkanes of at least 4 members (excludes halogenated alkanes) is 1. The smallest absolute Gasteiger partial charge is 0.0402 e. The van der Waals surface area contributed by atoms with Crippen molar-refractivity contribution in [2.24, 2.45) is 5.92 Å². The van der Waals surface area contributed by atoms with Crippen molar-refractivity contribution in [1.29, 1.82) is 0 Å². The lowest BCUT2D eigenvalue weighted by molar-refractivity contribution is 0.185. The molecule has 0 aromatic rings. The molecule has 0 aromatic carbocycles. The first-order valence-electron chi connectivity index (χ1n) is 6.61. The van der Waals surface area contributed by atoms with E-state index in [9.17, 15) is 0 Å². The van der Waals surface area contributed by atoms with Crippen LogP contribution in [0.15, 0.2) is 0 Å². The minimum atomic E-state index is 0.250. The van der Waals surface area contributed by atoms with Gasteiger partial charge in [-0.15, -0.1) is 0 Å². The van der Waals surface area contributed by atoms with Gasteiger partial charge in [0, 0.05) is 6.61 Å².